The first-order valence-corrected chi connectivity index (χ1v) is 7.26. The van der Waals surface area contributed by atoms with E-state index >= 15 is 0 Å². The molecule has 1 unspecified atom stereocenters. The first kappa shape index (κ1) is 13.4. The molecule has 1 fully saturated rings. The Bertz CT molecular complexity index is 399. The van der Waals surface area contributed by atoms with Gasteiger partial charge >= 0.3 is 0 Å². The van der Waals surface area contributed by atoms with E-state index in [9.17, 15) is 4.79 Å². The van der Waals surface area contributed by atoms with E-state index in [0.29, 0.717) is 23.1 Å². The van der Waals surface area contributed by atoms with Crippen LogP contribution in [0.25, 0.3) is 0 Å². The van der Waals surface area contributed by atoms with Gasteiger partial charge in [-0.1, -0.05) is 12.8 Å². The molecule has 18 heavy (non-hydrogen) atoms. The molecule has 4 nitrogen and oxygen atoms in total. The summed E-state index contributed by atoms with van der Waals surface area (Å²) >= 11 is 1.40. The van der Waals surface area contributed by atoms with Crippen molar-refractivity contribution in [2.45, 2.75) is 31.7 Å². The first-order valence-electron chi connectivity index (χ1n) is 6.38. The summed E-state index contributed by atoms with van der Waals surface area (Å²) in [6.07, 6.45) is 4.84. The van der Waals surface area contributed by atoms with Crippen LogP contribution < -0.4 is 15.8 Å². The number of methoxy groups -OCH3 is 1. The minimum atomic E-state index is -0.0656. The SMILES string of the molecule is COc1ccsc1C(=O)NC(CN)C1CCCC1. The Labute approximate surface area is 112 Å². The van der Waals surface area contributed by atoms with Crippen molar-refractivity contribution < 1.29 is 9.53 Å². The molecule has 1 amide bonds. The molecule has 0 bridgehead atoms. The van der Waals surface area contributed by atoms with Gasteiger partial charge in [-0.05, 0) is 30.2 Å². The molecule has 1 aromatic heterocycles. The highest BCUT2D eigenvalue weighted by Gasteiger charge is 2.26. The molecule has 0 aliphatic heterocycles. The van der Waals surface area contributed by atoms with Gasteiger partial charge in [0.2, 0.25) is 0 Å². The Hall–Kier alpha value is -1.07. The van der Waals surface area contributed by atoms with Crippen molar-refractivity contribution in [2.75, 3.05) is 13.7 Å². The van der Waals surface area contributed by atoms with Crippen LogP contribution in [0.5, 0.6) is 5.75 Å². The van der Waals surface area contributed by atoms with E-state index in [1.165, 1.54) is 37.0 Å². The molecule has 1 aromatic rings. The fourth-order valence-corrected chi connectivity index (χ4v) is 3.35. The summed E-state index contributed by atoms with van der Waals surface area (Å²) in [5, 5.41) is 4.91. The third kappa shape index (κ3) is 2.84. The molecule has 0 radical (unpaired) electrons. The van der Waals surface area contributed by atoms with E-state index in [4.69, 9.17) is 10.5 Å². The van der Waals surface area contributed by atoms with Crippen LogP contribution in [0.2, 0.25) is 0 Å². The summed E-state index contributed by atoms with van der Waals surface area (Å²) in [6, 6.07) is 1.90. The molecule has 0 saturated heterocycles. The molecule has 0 spiro atoms. The summed E-state index contributed by atoms with van der Waals surface area (Å²) in [5.74, 6) is 1.11. The molecule has 1 aliphatic rings. The minimum absolute atomic E-state index is 0.0656. The van der Waals surface area contributed by atoms with Crippen molar-refractivity contribution in [1.82, 2.24) is 5.32 Å². The van der Waals surface area contributed by atoms with E-state index in [1.54, 1.807) is 7.11 Å². The summed E-state index contributed by atoms with van der Waals surface area (Å²) in [7, 11) is 1.58. The maximum Gasteiger partial charge on any atom is 0.265 e. The van der Waals surface area contributed by atoms with Gasteiger partial charge in [-0.15, -0.1) is 11.3 Å². The zero-order valence-electron chi connectivity index (χ0n) is 10.6. The highest BCUT2D eigenvalue weighted by molar-refractivity contribution is 7.12. The second-order valence-corrected chi connectivity index (χ2v) is 5.59. The van der Waals surface area contributed by atoms with Crippen molar-refractivity contribution in [3.05, 3.63) is 16.3 Å². The average Bonchev–Trinajstić information content (AvgIpc) is 3.05. The van der Waals surface area contributed by atoms with Crippen LogP contribution in [0.4, 0.5) is 0 Å². The fraction of sp³-hybridized carbons (Fsp3) is 0.615. The van der Waals surface area contributed by atoms with E-state index in [1.807, 2.05) is 11.4 Å². The van der Waals surface area contributed by atoms with Gasteiger partial charge in [0, 0.05) is 12.6 Å². The van der Waals surface area contributed by atoms with Crippen LogP contribution >= 0.6 is 11.3 Å². The zero-order chi connectivity index (χ0) is 13.0. The lowest BCUT2D eigenvalue weighted by molar-refractivity contribution is 0.0925. The lowest BCUT2D eigenvalue weighted by Gasteiger charge is -2.22. The first-order chi connectivity index (χ1) is 8.76. The number of carbonyl (C=O) groups is 1. The topological polar surface area (TPSA) is 64.3 Å². The van der Waals surface area contributed by atoms with Gasteiger partial charge in [-0.3, -0.25) is 4.79 Å². The van der Waals surface area contributed by atoms with Crippen molar-refractivity contribution in [3.8, 4) is 5.75 Å². The molecule has 5 heteroatoms. The molecule has 1 heterocycles. The number of carbonyl (C=O) groups excluding carboxylic acids is 1. The standard InChI is InChI=1S/C13H20N2O2S/c1-17-11-6-7-18-12(11)13(16)15-10(8-14)9-4-2-3-5-9/h6-7,9-10H,2-5,8,14H2,1H3,(H,15,16). The summed E-state index contributed by atoms with van der Waals surface area (Å²) in [6.45, 7) is 0.504. The van der Waals surface area contributed by atoms with Gasteiger partial charge in [0.05, 0.1) is 7.11 Å². The fourth-order valence-electron chi connectivity index (χ4n) is 2.59. The van der Waals surface area contributed by atoms with E-state index < -0.39 is 0 Å². The number of hydrogen-bond acceptors (Lipinski definition) is 4. The number of hydrogen-bond donors (Lipinski definition) is 2. The summed E-state index contributed by atoms with van der Waals surface area (Å²) in [5.41, 5.74) is 5.78. The molecule has 1 atom stereocenters. The summed E-state index contributed by atoms with van der Waals surface area (Å²) < 4.78 is 5.17. The number of nitrogens with one attached hydrogen (secondary N) is 1. The van der Waals surface area contributed by atoms with Crippen LogP contribution in [0.1, 0.15) is 35.4 Å². The molecular formula is C13H20N2O2S. The molecule has 100 valence electrons. The molecule has 2 rings (SSSR count). The normalized spacial score (nSPS) is 17.7. The van der Waals surface area contributed by atoms with Gasteiger partial charge in [0.15, 0.2) is 0 Å². The lowest BCUT2D eigenvalue weighted by atomic mass is 9.98. The van der Waals surface area contributed by atoms with E-state index in [-0.39, 0.29) is 11.9 Å². The molecule has 1 aliphatic carbocycles. The van der Waals surface area contributed by atoms with Gasteiger partial charge in [0.1, 0.15) is 10.6 Å². The quantitative estimate of drug-likeness (QED) is 0.858. The van der Waals surface area contributed by atoms with Crippen molar-refractivity contribution >= 4 is 17.2 Å². The maximum absolute atomic E-state index is 12.2. The number of amides is 1. The highest BCUT2D eigenvalue weighted by atomic mass is 32.1. The second kappa shape index (κ2) is 6.20. The average molecular weight is 268 g/mol. The third-order valence-electron chi connectivity index (χ3n) is 3.59. The van der Waals surface area contributed by atoms with Crippen LogP contribution in [0, 0.1) is 5.92 Å². The summed E-state index contributed by atoms with van der Waals surface area (Å²) in [4.78, 5) is 12.8. The number of nitrogens with two attached hydrogens (primary N) is 1. The van der Waals surface area contributed by atoms with Crippen molar-refractivity contribution in [2.24, 2.45) is 11.7 Å². The predicted octanol–water partition coefficient (Wildman–Crippen LogP) is 2.00. The van der Waals surface area contributed by atoms with E-state index in [0.717, 1.165) is 0 Å². The van der Waals surface area contributed by atoms with Gasteiger partial charge in [-0.25, -0.2) is 0 Å². The Morgan fingerprint density at radius 2 is 2.33 bits per heavy atom. The highest BCUT2D eigenvalue weighted by Crippen LogP contribution is 2.29. The second-order valence-electron chi connectivity index (χ2n) is 4.68. The van der Waals surface area contributed by atoms with E-state index in [2.05, 4.69) is 5.32 Å². The Morgan fingerprint density at radius 3 is 2.94 bits per heavy atom. The van der Waals surface area contributed by atoms with Crippen LogP contribution in [0.3, 0.4) is 0 Å². The molecular weight excluding hydrogens is 248 g/mol. The largest absolute Gasteiger partial charge is 0.495 e. The van der Waals surface area contributed by atoms with Crippen LogP contribution in [-0.4, -0.2) is 25.6 Å². The third-order valence-corrected chi connectivity index (χ3v) is 4.49. The number of thiophene rings is 1. The Balaban J connectivity index is 2.00. The van der Waals surface area contributed by atoms with Gasteiger partial charge < -0.3 is 15.8 Å². The number of rotatable bonds is 5. The number of ether oxygens (including phenoxy) is 1. The lowest BCUT2D eigenvalue weighted by Crippen LogP contribution is -2.44. The smallest absolute Gasteiger partial charge is 0.265 e. The molecule has 1 saturated carbocycles. The monoisotopic (exact) mass is 268 g/mol. The maximum atomic E-state index is 12.2. The van der Waals surface area contributed by atoms with Crippen LogP contribution in [-0.2, 0) is 0 Å². The molecule has 3 N–H and O–H groups in total. The minimum Gasteiger partial charge on any atom is -0.495 e. The Morgan fingerprint density at radius 1 is 1.61 bits per heavy atom. The Kier molecular flexibility index (Phi) is 4.60. The predicted molar refractivity (Wildman–Crippen MR) is 73.1 cm³/mol. The van der Waals surface area contributed by atoms with Gasteiger partial charge in [-0.2, -0.15) is 0 Å². The van der Waals surface area contributed by atoms with Crippen LogP contribution in [0.15, 0.2) is 11.4 Å². The zero-order valence-corrected chi connectivity index (χ0v) is 11.5. The van der Waals surface area contributed by atoms with Crippen molar-refractivity contribution in [3.63, 3.8) is 0 Å². The van der Waals surface area contributed by atoms with Crippen molar-refractivity contribution in [1.29, 1.82) is 0 Å². The molecule has 0 aromatic carbocycles. The van der Waals surface area contributed by atoms with Gasteiger partial charge in [0.25, 0.3) is 5.91 Å².